The molecular formula is C14H9F3N2O. The average Bonchev–Trinajstić information content (AvgIpc) is 2.42. The van der Waals surface area contributed by atoms with Gasteiger partial charge < -0.3 is 4.74 Å². The molecule has 1 aromatic carbocycles. The zero-order valence-corrected chi connectivity index (χ0v) is 10.4. The minimum atomic E-state index is -1.85. The number of hydrogen-bond donors (Lipinski definition) is 0. The van der Waals surface area contributed by atoms with Gasteiger partial charge in [0.1, 0.15) is 6.33 Å². The second-order valence-electron chi connectivity index (χ2n) is 3.67. The quantitative estimate of drug-likeness (QED) is 0.809. The largest absolute Gasteiger partial charge is 0.432 e. The van der Waals surface area contributed by atoms with Gasteiger partial charge in [0, 0.05) is 11.6 Å². The molecule has 102 valence electrons. The zero-order valence-electron chi connectivity index (χ0n) is 10.4. The molecule has 0 bridgehead atoms. The van der Waals surface area contributed by atoms with Crippen LogP contribution in [0.5, 0.6) is 5.88 Å². The molecule has 0 saturated heterocycles. The maximum absolute atomic E-state index is 13.6. The van der Waals surface area contributed by atoms with Crippen molar-refractivity contribution < 1.29 is 17.9 Å². The molecule has 0 saturated carbocycles. The summed E-state index contributed by atoms with van der Waals surface area (Å²) in [5, 5.41) is 0. The van der Waals surface area contributed by atoms with E-state index in [1.54, 1.807) is 0 Å². The molecule has 0 N–H and O–H groups in total. The van der Waals surface area contributed by atoms with Gasteiger partial charge in [0.25, 0.3) is 0 Å². The minimum Gasteiger partial charge on any atom is -0.432 e. The highest BCUT2D eigenvalue weighted by molar-refractivity contribution is 5.60. The lowest BCUT2D eigenvalue weighted by atomic mass is 10.1. The Morgan fingerprint density at radius 1 is 1.25 bits per heavy atom. The number of alkyl halides is 1. The smallest absolute Gasteiger partial charge is 0.302 e. The molecule has 0 aliphatic carbocycles. The fourth-order valence-corrected chi connectivity index (χ4v) is 1.50. The Morgan fingerprint density at radius 2 is 2.05 bits per heavy atom. The molecule has 0 amide bonds. The Hall–Kier alpha value is -2.55. The summed E-state index contributed by atoms with van der Waals surface area (Å²) in [6.07, 6.45) is -0.777. The Kier molecular flexibility index (Phi) is 4.20. The summed E-state index contributed by atoms with van der Waals surface area (Å²) in [6, 6.07) is 4.90. The topological polar surface area (TPSA) is 35.0 Å². The zero-order chi connectivity index (χ0) is 14.5. The molecule has 3 nitrogen and oxygen atoms in total. The summed E-state index contributed by atoms with van der Waals surface area (Å²) >= 11 is 0. The number of ether oxygens (including phenoxy) is 1. The number of rotatable bonds is 3. The summed E-state index contributed by atoms with van der Waals surface area (Å²) in [4.78, 5) is 7.49. The number of nitrogens with zero attached hydrogens (tertiary/aromatic N) is 2. The second kappa shape index (κ2) is 6.06. The van der Waals surface area contributed by atoms with Crippen molar-refractivity contribution in [3.05, 3.63) is 42.2 Å². The summed E-state index contributed by atoms with van der Waals surface area (Å²) in [6.45, 7) is 1.46. The lowest BCUT2D eigenvalue weighted by Gasteiger charge is -2.07. The third-order valence-electron chi connectivity index (χ3n) is 2.35. The van der Waals surface area contributed by atoms with Crippen LogP contribution in [-0.2, 0) is 0 Å². The van der Waals surface area contributed by atoms with E-state index in [-0.39, 0.29) is 17.1 Å². The molecule has 1 aromatic heterocycles. The van der Waals surface area contributed by atoms with Crippen LogP contribution in [0.2, 0.25) is 0 Å². The van der Waals surface area contributed by atoms with Crippen molar-refractivity contribution in [2.24, 2.45) is 0 Å². The van der Waals surface area contributed by atoms with Crippen molar-refractivity contribution in [1.29, 1.82) is 0 Å². The van der Waals surface area contributed by atoms with Crippen LogP contribution >= 0.6 is 0 Å². The maximum atomic E-state index is 13.6. The Balaban J connectivity index is 2.34. The van der Waals surface area contributed by atoms with E-state index < -0.39 is 18.0 Å². The lowest BCUT2D eigenvalue weighted by molar-refractivity contribution is 0.117. The van der Waals surface area contributed by atoms with Crippen molar-refractivity contribution in [1.82, 2.24) is 9.97 Å². The summed E-state index contributed by atoms with van der Waals surface area (Å²) in [5.74, 6) is 2.34. The lowest BCUT2D eigenvalue weighted by Crippen LogP contribution is -2.08. The molecule has 2 rings (SSSR count). The molecule has 2 aromatic rings. The number of aromatic nitrogens is 2. The van der Waals surface area contributed by atoms with E-state index in [9.17, 15) is 13.2 Å². The molecule has 0 spiro atoms. The number of halogens is 3. The normalized spacial score (nSPS) is 11.4. The third-order valence-corrected chi connectivity index (χ3v) is 2.35. The van der Waals surface area contributed by atoms with Crippen molar-refractivity contribution in [2.75, 3.05) is 0 Å². The predicted octanol–water partition coefficient (Wildman–Crippen LogP) is 3.12. The first kappa shape index (κ1) is 13.9. The van der Waals surface area contributed by atoms with Crippen LogP contribution in [0.25, 0.3) is 11.3 Å². The standard InChI is InChI=1S/C14H9F3N2O/c1-2-4-12(16)20-13-7-11(18-8-19-13)9-5-3-6-10(15)14(9)17/h3,5-8,12H,1H3. The Bertz CT molecular complexity index is 680. The van der Waals surface area contributed by atoms with E-state index in [1.807, 2.05) is 0 Å². The van der Waals surface area contributed by atoms with Gasteiger partial charge in [-0.1, -0.05) is 12.0 Å². The van der Waals surface area contributed by atoms with Crippen LogP contribution in [-0.4, -0.2) is 16.3 Å². The van der Waals surface area contributed by atoms with Gasteiger partial charge in [0.05, 0.1) is 5.69 Å². The highest BCUT2D eigenvalue weighted by atomic mass is 19.2. The van der Waals surface area contributed by atoms with E-state index in [1.165, 1.54) is 25.1 Å². The SMILES string of the molecule is CC#CC(F)Oc1cc(-c2cccc(F)c2F)ncn1. The molecule has 1 heterocycles. The van der Waals surface area contributed by atoms with Gasteiger partial charge in [-0.15, -0.1) is 0 Å². The maximum Gasteiger partial charge on any atom is 0.302 e. The van der Waals surface area contributed by atoms with E-state index in [0.29, 0.717) is 0 Å². The van der Waals surface area contributed by atoms with Gasteiger partial charge >= 0.3 is 6.36 Å². The molecule has 20 heavy (non-hydrogen) atoms. The monoisotopic (exact) mass is 278 g/mol. The van der Waals surface area contributed by atoms with Crippen molar-refractivity contribution in [3.63, 3.8) is 0 Å². The van der Waals surface area contributed by atoms with E-state index in [2.05, 4.69) is 21.8 Å². The molecular weight excluding hydrogens is 269 g/mol. The van der Waals surface area contributed by atoms with E-state index in [0.717, 1.165) is 12.4 Å². The van der Waals surface area contributed by atoms with Gasteiger partial charge in [0.15, 0.2) is 11.6 Å². The van der Waals surface area contributed by atoms with Gasteiger partial charge in [-0.2, -0.15) is 4.39 Å². The Labute approximate surface area is 113 Å². The van der Waals surface area contributed by atoms with Crippen LogP contribution in [0, 0.1) is 23.5 Å². The second-order valence-corrected chi connectivity index (χ2v) is 3.67. The predicted molar refractivity (Wildman–Crippen MR) is 66.4 cm³/mol. The number of hydrogen-bond acceptors (Lipinski definition) is 3. The molecule has 0 aliphatic rings. The molecule has 1 unspecified atom stereocenters. The first-order valence-corrected chi connectivity index (χ1v) is 5.61. The third kappa shape index (κ3) is 3.06. The molecule has 0 aliphatic heterocycles. The van der Waals surface area contributed by atoms with Gasteiger partial charge in [-0.05, 0) is 25.0 Å². The van der Waals surface area contributed by atoms with Crippen molar-refractivity contribution >= 4 is 0 Å². The highest BCUT2D eigenvalue weighted by Crippen LogP contribution is 2.24. The van der Waals surface area contributed by atoms with Crippen LogP contribution in [0.3, 0.4) is 0 Å². The van der Waals surface area contributed by atoms with E-state index >= 15 is 0 Å². The molecule has 0 fully saturated rings. The Morgan fingerprint density at radius 3 is 2.80 bits per heavy atom. The first-order valence-electron chi connectivity index (χ1n) is 5.61. The fourth-order valence-electron chi connectivity index (χ4n) is 1.50. The number of benzene rings is 1. The summed E-state index contributed by atoms with van der Waals surface area (Å²) < 4.78 is 44.7. The van der Waals surface area contributed by atoms with Crippen LogP contribution in [0.1, 0.15) is 6.92 Å². The minimum absolute atomic E-state index is 0.0609. The van der Waals surface area contributed by atoms with Crippen LogP contribution < -0.4 is 4.74 Å². The van der Waals surface area contributed by atoms with Gasteiger partial charge in [-0.25, -0.2) is 18.7 Å². The molecule has 6 heteroatoms. The van der Waals surface area contributed by atoms with Crippen LogP contribution in [0.4, 0.5) is 13.2 Å². The van der Waals surface area contributed by atoms with Crippen molar-refractivity contribution in [2.45, 2.75) is 13.3 Å². The fraction of sp³-hybridized carbons (Fsp3) is 0.143. The first-order chi connectivity index (χ1) is 9.61. The molecule has 1 atom stereocenters. The average molecular weight is 278 g/mol. The van der Waals surface area contributed by atoms with Gasteiger partial charge in [0.2, 0.25) is 5.88 Å². The van der Waals surface area contributed by atoms with E-state index in [4.69, 9.17) is 4.74 Å². The van der Waals surface area contributed by atoms with Crippen molar-refractivity contribution in [3.8, 4) is 29.0 Å². The summed E-state index contributed by atoms with van der Waals surface area (Å²) in [7, 11) is 0. The summed E-state index contributed by atoms with van der Waals surface area (Å²) in [5.41, 5.74) is 0.0258. The highest BCUT2D eigenvalue weighted by Gasteiger charge is 2.13. The molecule has 0 radical (unpaired) electrons. The van der Waals surface area contributed by atoms with Crippen LogP contribution in [0.15, 0.2) is 30.6 Å². The van der Waals surface area contributed by atoms with Gasteiger partial charge in [-0.3, -0.25) is 0 Å².